The molecule has 82 valence electrons. The second-order valence-corrected chi connectivity index (χ2v) is 5.26. The average Bonchev–Trinajstić information content (AvgIpc) is 2.95. The Balaban J connectivity index is 1.82. The van der Waals surface area contributed by atoms with Gasteiger partial charge in [0.1, 0.15) is 0 Å². The molecule has 1 N–H and O–H groups in total. The Morgan fingerprint density at radius 3 is 2.64 bits per heavy atom. The second kappa shape index (κ2) is 4.19. The van der Waals surface area contributed by atoms with Gasteiger partial charge in [0.15, 0.2) is 0 Å². The van der Waals surface area contributed by atoms with Crippen molar-refractivity contribution in [3.05, 3.63) is 0 Å². The maximum absolute atomic E-state index is 9.90. The zero-order valence-corrected chi connectivity index (χ0v) is 9.45. The number of aliphatic hydroxyl groups is 1. The summed E-state index contributed by atoms with van der Waals surface area (Å²) in [4.78, 5) is 2.48. The van der Waals surface area contributed by atoms with Crippen molar-refractivity contribution in [1.82, 2.24) is 4.90 Å². The summed E-state index contributed by atoms with van der Waals surface area (Å²) in [6.07, 6.45) is 5.11. The third-order valence-corrected chi connectivity index (χ3v) is 4.09. The fourth-order valence-corrected chi connectivity index (χ4v) is 2.55. The molecule has 1 aliphatic carbocycles. The monoisotopic (exact) mass is 197 g/mol. The van der Waals surface area contributed by atoms with Crippen LogP contribution in [0.4, 0.5) is 0 Å². The molecule has 2 nitrogen and oxygen atoms in total. The number of likely N-dealkylation sites (tertiary alicyclic amines) is 1. The first-order valence-corrected chi connectivity index (χ1v) is 6.10. The molecule has 0 aromatic heterocycles. The highest BCUT2D eigenvalue weighted by Crippen LogP contribution is 2.34. The van der Waals surface area contributed by atoms with Gasteiger partial charge in [-0.2, -0.15) is 0 Å². The standard InChI is InChI=1S/C12H23NO/c1-9-4-3-7-13(10(9)2)8-12(14)11-5-6-11/h9-12,14H,3-8H2,1-2H3. The van der Waals surface area contributed by atoms with E-state index in [1.165, 1.54) is 32.2 Å². The Hall–Kier alpha value is -0.0800. The second-order valence-electron chi connectivity index (χ2n) is 5.26. The Kier molecular flexibility index (Phi) is 3.13. The van der Waals surface area contributed by atoms with E-state index in [1.54, 1.807) is 0 Å². The van der Waals surface area contributed by atoms with Gasteiger partial charge in [0.2, 0.25) is 0 Å². The Morgan fingerprint density at radius 1 is 1.29 bits per heavy atom. The summed E-state index contributed by atoms with van der Waals surface area (Å²) in [6.45, 7) is 6.75. The highest BCUT2D eigenvalue weighted by molar-refractivity contribution is 4.86. The zero-order chi connectivity index (χ0) is 10.1. The number of rotatable bonds is 3. The van der Waals surface area contributed by atoms with Crippen LogP contribution in [0, 0.1) is 11.8 Å². The third-order valence-electron chi connectivity index (χ3n) is 4.09. The van der Waals surface area contributed by atoms with Crippen LogP contribution >= 0.6 is 0 Å². The van der Waals surface area contributed by atoms with Crippen LogP contribution in [0.15, 0.2) is 0 Å². The van der Waals surface area contributed by atoms with Gasteiger partial charge in [-0.1, -0.05) is 6.92 Å². The van der Waals surface area contributed by atoms with Crippen LogP contribution in [0.3, 0.4) is 0 Å². The summed E-state index contributed by atoms with van der Waals surface area (Å²) >= 11 is 0. The Bertz CT molecular complexity index is 191. The van der Waals surface area contributed by atoms with Crippen molar-refractivity contribution in [2.24, 2.45) is 11.8 Å². The van der Waals surface area contributed by atoms with E-state index in [1.807, 2.05) is 0 Å². The smallest absolute Gasteiger partial charge is 0.0695 e. The SMILES string of the molecule is CC1CCCN(CC(O)C2CC2)C1C. The predicted octanol–water partition coefficient (Wildman–Crippen LogP) is 1.88. The first kappa shape index (κ1) is 10.4. The molecule has 1 saturated heterocycles. The topological polar surface area (TPSA) is 23.5 Å². The van der Waals surface area contributed by atoms with Gasteiger partial charge in [-0.25, -0.2) is 0 Å². The summed E-state index contributed by atoms with van der Waals surface area (Å²) < 4.78 is 0. The quantitative estimate of drug-likeness (QED) is 0.746. The average molecular weight is 197 g/mol. The summed E-state index contributed by atoms with van der Waals surface area (Å²) in [6, 6.07) is 0.664. The van der Waals surface area contributed by atoms with Crippen molar-refractivity contribution in [2.45, 2.75) is 51.7 Å². The molecule has 0 spiro atoms. The fraction of sp³-hybridized carbons (Fsp3) is 1.00. The molecule has 0 amide bonds. The first-order chi connectivity index (χ1) is 6.68. The van der Waals surface area contributed by atoms with E-state index in [9.17, 15) is 5.11 Å². The number of aliphatic hydroxyl groups excluding tert-OH is 1. The maximum atomic E-state index is 9.90. The Morgan fingerprint density at radius 2 is 2.00 bits per heavy atom. The Labute approximate surface area is 87.3 Å². The molecule has 3 unspecified atom stereocenters. The van der Waals surface area contributed by atoms with E-state index >= 15 is 0 Å². The van der Waals surface area contributed by atoms with Crippen LogP contribution in [-0.4, -0.2) is 35.2 Å². The van der Waals surface area contributed by atoms with E-state index in [2.05, 4.69) is 18.7 Å². The van der Waals surface area contributed by atoms with E-state index < -0.39 is 0 Å². The molecule has 0 aromatic rings. The normalized spacial score (nSPS) is 37.1. The number of piperidine rings is 1. The van der Waals surface area contributed by atoms with Gasteiger partial charge in [0, 0.05) is 12.6 Å². The van der Waals surface area contributed by atoms with Crippen molar-refractivity contribution in [3.8, 4) is 0 Å². The molecule has 1 saturated carbocycles. The van der Waals surface area contributed by atoms with Gasteiger partial charge in [0.05, 0.1) is 6.10 Å². The maximum Gasteiger partial charge on any atom is 0.0695 e. The van der Waals surface area contributed by atoms with E-state index in [-0.39, 0.29) is 6.10 Å². The number of nitrogens with zero attached hydrogens (tertiary/aromatic N) is 1. The molecule has 0 bridgehead atoms. The van der Waals surface area contributed by atoms with Crippen molar-refractivity contribution in [3.63, 3.8) is 0 Å². The largest absolute Gasteiger partial charge is 0.392 e. The zero-order valence-electron chi connectivity index (χ0n) is 9.45. The lowest BCUT2D eigenvalue weighted by Gasteiger charge is -2.39. The molecule has 1 heterocycles. The van der Waals surface area contributed by atoms with Gasteiger partial charge in [-0.15, -0.1) is 0 Å². The van der Waals surface area contributed by atoms with Crippen molar-refractivity contribution >= 4 is 0 Å². The predicted molar refractivity (Wildman–Crippen MR) is 58.2 cm³/mol. The van der Waals surface area contributed by atoms with Gasteiger partial charge in [-0.05, 0) is 51.0 Å². The molecule has 1 aliphatic heterocycles. The van der Waals surface area contributed by atoms with E-state index in [0.717, 1.165) is 12.5 Å². The number of β-amino-alcohol motifs (C(OH)–C–C–N with tert-alkyl or cyclic N) is 1. The summed E-state index contributed by atoms with van der Waals surface area (Å²) in [7, 11) is 0. The molecule has 2 fully saturated rings. The molecule has 0 radical (unpaired) electrons. The lowest BCUT2D eigenvalue weighted by atomic mass is 9.91. The molecule has 2 heteroatoms. The van der Waals surface area contributed by atoms with Crippen LogP contribution in [0.1, 0.15) is 39.5 Å². The van der Waals surface area contributed by atoms with Crippen molar-refractivity contribution in [2.75, 3.05) is 13.1 Å². The van der Waals surface area contributed by atoms with Gasteiger partial charge in [0.25, 0.3) is 0 Å². The van der Waals surface area contributed by atoms with Gasteiger partial charge < -0.3 is 5.11 Å². The van der Waals surface area contributed by atoms with Gasteiger partial charge >= 0.3 is 0 Å². The minimum atomic E-state index is -0.0530. The van der Waals surface area contributed by atoms with E-state index in [4.69, 9.17) is 0 Å². The van der Waals surface area contributed by atoms with Crippen LogP contribution in [0.5, 0.6) is 0 Å². The molecule has 14 heavy (non-hydrogen) atoms. The first-order valence-electron chi connectivity index (χ1n) is 6.10. The summed E-state index contributed by atoms with van der Waals surface area (Å²) in [5, 5.41) is 9.90. The molecule has 2 aliphatic rings. The van der Waals surface area contributed by atoms with Crippen LogP contribution < -0.4 is 0 Å². The van der Waals surface area contributed by atoms with Crippen LogP contribution in [0.2, 0.25) is 0 Å². The molecule has 3 atom stereocenters. The van der Waals surface area contributed by atoms with Crippen LogP contribution in [0.25, 0.3) is 0 Å². The molecule has 2 rings (SSSR count). The lowest BCUT2D eigenvalue weighted by molar-refractivity contribution is 0.0422. The minimum Gasteiger partial charge on any atom is -0.392 e. The number of hydrogen-bond acceptors (Lipinski definition) is 2. The molecular formula is C12H23NO. The van der Waals surface area contributed by atoms with E-state index in [0.29, 0.717) is 12.0 Å². The fourth-order valence-electron chi connectivity index (χ4n) is 2.55. The lowest BCUT2D eigenvalue weighted by Crippen LogP contribution is -2.46. The molecular weight excluding hydrogens is 174 g/mol. The van der Waals surface area contributed by atoms with Crippen LogP contribution in [-0.2, 0) is 0 Å². The van der Waals surface area contributed by atoms with Gasteiger partial charge in [-0.3, -0.25) is 4.90 Å². The summed E-state index contributed by atoms with van der Waals surface area (Å²) in [5.41, 5.74) is 0. The number of hydrogen-bond donors (Lipinski definition) is 1. The third kappa shape index (κ3) is 2.29. The molecule has 0 aromatic carbocycles. The highest BCUT2D eigenvalue weighted by atomic mass is 16.3. The summed E-state index contributed by atoms with van der Waals surface area (Å²) in [5.74, 6) is 1.43. The van der Waals surface area contributed by atoms with Crippen molar-refractivity contribution in [1.29, 1.82) is 0 Å². The van der Waals surface area contributed by atoms with Crippen molar-refractivity contribution < 1.29 is 5.11 Å². The minimum absolute atomic E-state index is 0.0530. The highest BCUT2D eigenvalue weighted by Gasteiger charge is 2.33.